The van der Waals surface area contributed by atoms with Gasteiger partial charge in [-0.15, -0.1) is 0 Å². The summed E-state index contributed by atoms with van der Waals surface area (Å²) >= 11 is 0. The van der Waals surface area contributed by atoms with Crippen LogP contribution in [0.1, 0.15) is 24.8 Å². The van der Waals surface area contributed by atoms with Crippen LogP contribution >= 0.6 is 0 Å². The third-order valence-corrected chi connectivity index (χ3v) is 3.22. The summed E-state index contributed by atoms with van der Waals surface area (Å²) in [5.74, 6) is 1.27. The minimum absolute atomic E-state index is 0.154. The lowest BCUT2D eigenvalue weighted by Crippen LogP contribution is -2.13. The lowest BCUT2D eigenvalue weighted by atomic mass is 9.90. The molecule has 0 saturated heterocycles. The molecule has 2 rings (SSSR count). The Labute approximate surface area is 108 Å². The average Bonchev–Trinajstić information content (AvgIpc) is 2.41. The number of hydrogen-bond donors (Lipinski definition) is 0. The van der Waals surface area contributed by atoms with E-state index in [1.807, 2.05) is 36.4 Å². The first-order valence-electron chi connectivity index (χ1n) is 6.31. The van der Waals surface area contributed by atoms with E-state index < -0.39 is 0 Å². The molecule has 0 aromatic heterocycles. The average molecular weight is 242 g/mol. The van der Waals surface area contributed by atoms with Crippen molar-refractivity contribution in [1.82, 2.24) is 0 Å². The van der Waals surface area contributed by atoms with Crippen LogP contribution in [0, 0.1) is 5.92 Å². The fourth-order valence-electron chi connectivity index (χ4n) is 2.17. The number of methoxy groups -OCH3 is 1. The number of carbonyl (C=O) groups is 1. The van der Waals surface area contributed by atoms with Crippen molar-refractivity contribution in [2.75, 3.05) is 7.11 Å². The molecule has 0 saturated carbocycles. The van der Waals surface area contributed by atoms with E-state index in [0.717, 1.165) is 30.6 Å². The van der Waals surface area contributed by atoms with Gasteiger partial charge >= 0.3 is 0 Å². The van der Waals surface area contributed by atoms with Crippen LogP contribution in [0.25, 0.3) is 6.08 Å². The maximum atomic E-state index is 11.6. The maximum absolute atomic E-state index is 11.6. The molecule has 0 amide bonds. The van der Waals surface area contributed by atoms with Crippen LogP contribution in [-0.4, -0.2) is 12.9 Å². The number of carbonyl (C=O) groups excluding carboxylic acids is 1. The topological polar surface area (TPSA) is 26.3 Å². The summed E-state index contributed by atoms with van der Waals surface area (Å²) in [6, 6.07) is 7.88. The van der Waals surface area contributed by atoms with Crippen molar-refractivity contribution < 1.29 is 9.53 Å². The largest absolute Gasteiger partial charge is 0.496 e. The second-order valence-electron chi connectivity index (χ2n) is 4.46. The number of rotatable bonds is 4. The highest BCUT2D eigenvalue weighted by atomic mass is 16.5. The van der Waals surface area contributed by atoms with E-state index in [4.69, 9.17) is 4.74 Å². The molecule has 0 N–H and O–H groups in total. The number of benzene rings is 1. The molecule has 1 atom stereocenters. The molecule has 2 nitrogen and oxygen atoms in total. The molecule has 1 aromatic carbocycles. The van der Waals surface area contributed by atoms with Crippen molar-refractivity contribution in [2.45, 2.75) is 19.3 Å². The monoisotopic (exact) mass is 242 g/mol. The van der Waals surface area contributed by atoms with Crippen molar-refractivity contribution in [1.29, 1.82) is 0 Å². The molecule has 0 heterocycles. The second kappa shape index (κ2) is 6.20. The predicted molar refractivity (Wildman–Crippen MR) is 73.5 cm³/mol. The molecule has 0 aliphatic heterocycles. The number of para-hydroxylation sites is 1. The van der Waals surface area contributed by atoms with Gasteiger partial charge in [0.25, 0.3) is 0 Å². The van der Waals surface area contributed by atoms with Crippen LogP contribution in [-0.2, 0) is 4.79 Å². The van der Waals surface area contributed by atoms with Gasteiger partial charge in [0.1, 0.15) is 5.75 Å². The van der Waals surface area contributed by atoms with E-state index in [1.54, 1.807) is 13.2 Å². The Kier molecular flexibility index (Phi) is 4.35. The molecule has 1 aliphatic carbocycles. The molecule has 1 unspecified atom stereocenters. The maximum Gasteiger partial charge on any atom is 0.158 e. The normalized spacial score (nSPS) is 19.4. The second-order valence-corrected chi connectivity index (χ2v) is 4.46. The third kappa shape index (κ3) is 3.10. The molecule has 0 spiro atoms. The summed E-state index contributed by atoms with van der Waals surface area (Å²) in [6.07, 6.45) is 10.6. The smallest absolute Gasteiger partial charge is 0.158 e. The van der Waals surface area contributed by atoms with Crippen LogP contribution < -0.4 is 4.74 Å². The van der Waals surface area contributed by atoms with Gasteiger partial charge in [-0.05, 0) is 31.4 Å². The zero-order valence-corrected chi connectivity index (χ0v) is 10.6. The number of hydrogen-bond acceptors (Lipinski definition) is 2. The summed E-state index contributed by atoms with van der Waals surface area (Å²) in [6.45, 7) is 0. The quantitative estimate of drug-likeness (QED) is 0.805. The lowest BCUT2D eigenvalue weighted by Gasteiger charge is -2.13. The Morgan fingerprint density at radius 2 is 2.22 bits per heavy atom. The highest BCUT2D eigenvalue weighted by Crippen LogP contribution is 2.22. The van der Waals surface area contributed by atoms with Gasteiger partial charge in [0.15, 0.2) is 5.78 Å². The minimum Gasteiger partial charge on any atom is -0.496 e. The Balaban J connectivity index is 1.99. The Bertz CT molecular complexity index is 472. The van der Waals surface area contributed by atoms with E-state index in [2.05, 4.69) is 6.08 Å². The van der Waals surface area contributed by atoms with E-state index in [9.17, 15) is 4.79 Å². The Morgan fingerprint density at radius 1 is 1.39 bits per heavy atom. The SMILES string of the molecule is COc1ccccc1C=CCC1CCC=CC1=O. The first-order chi connectivity index (χ1) is 8.81. The summed E-state index contributed by atoms with van der Waals surface area (Å²) in [5.41, 5.74) is 1.05. The van der Waals surface area contributed by atoms with Crippen LogP contribution in [0.5, 0.6) is 5.75 Å². The Hall–Kier alpha value is -1.83. The van der Waals surface area contributed by atoms with Crippen molar-refractivity contribution in [2.24, 2.45) is 5.92 Å². The molecular formula is C16H18O2. The zero-order chi connectivity index (χ0) is 12.8. The fraction of sp³-hybridized carbons (Fsp3) is 0.312. The van der Waals surface area contributed by atoms with Crippen LogP contribution in [0.4, 0.5) is 0 Å². The summed E-state index contributed by atoms with van der Waals surface area (Å²) < 4.78 is 5.28. The standard InChI is InChI=1S/C16H18O2/c1-18-16-12-5-3-8-14(16)10-6-9-13-7-2-4-11-15(13)17/h3-6,8,10-13H,2,7,9H2,1H3. The highest BCUT2D eigenvalue weighted by Gasteiger charge is 2.16. The predicted octanol–water partition coefficient (Wildman–Crippen LogP) is 3.63. The molecule has 1 aromatic rings. The van der Waals surface area contributed by atoms with Crippen LogP contribution in [0.2, 0.25) is 0 Å². The molecular weight excluding hydrogens is 224 g/mol. The molecule has 0 bridgehead atoms. The van der Waals surface area contributed by atoms with Crippen molar-refractivity contribution in [3.05, 3.63) is 48.1 Å². The molecule has 0 fully saturated rings. The molecule has 0 radical (unpaired) electrons. The highest BCUT2D eigenvalue weighted by molar-refractivity contribution is 5.92. The molecule has 2 heteroatoms. The van der Waals surface area contributed by atoms with Gasteiger partial charge in [-0.2, -0.15) is 0 Å². The fourth-order valence-corrected chi connectivity index (χ4v) is 2.17. The Morgan fingerprint density at radius 3 is 3.00 bits per heavy atom. The van der Waals surface area contributed by atoms with Crippen LogP contribution in [0.15, 0.2) is 42.5 Å². The molecule has 18 heavy (non-hydrogen) atoms. The van der Waals surface area contributed by atoms with Crippen LogP contribution in [0.3, 0.4) is 0 Å². The van der Waals surface area contributed by atoms with E-state index >= 15 is 0 Å². The summed E-state index contributed by atoms with van der Waals surface area (Å²) in [7, 11) is 1.67. The molecule has 1 aliphatic rings. The summed E-state index contributed by atoms with van der Waals surface area (Å²) in [4.78, 5) is 11.6. The van der Waals surface area contributed by atoms with Crippen molar-refractivity contribution in [3.63, 3.8) is 0 Å². The van der Waals surface area contributed by atoms with Crippen molar-refractivity contribution in [3.8, 4) is 5.75 Å². The first kappa shape index (κ1) is 12.6. The van der Waals surface area contributed by atoms with Gasteiger partial charge in [0, 0.05) is 11.5 Å². The number of allylic oxidation sites excluding steroid dienone is 3. The van der Waals surface area contributed by atoms with Gasteiger partial charge in [-0.25, -0.2) is 0 Å². The van der Waals surface area contributed by atoms with Gasteiger partial charge in [0.2, 0.25) is 0 Å². The first-order valence-corrected chi connectivity index (χ1v) is 6.31. The number of ketones is 1. The van der Waals surface area contributed by atoms with Gasteiger partial charge in [0.05, 0.1) is 7.11 Å². The minimum atomic E-state index is 0.154. The molecule has 94 valence electrons. The van der Waals surface area contributed by atoms with E-state index in [-0.39, 0.29) is 11.7 Å². The third-order valence-electron chi connectivity index (χ3n) is 3.22. The van der Waals surface area contributed by atoms with Crippen molar-refractivity contribution >= 4 is 11.9 Å². The van der Waals surface area contributed by atoms with E-state index in [0.29, 0.717) is 0 Å². The van der Waals surface area contributed by atoms with Gasteiger partial charge < -0.3 is 4.74 Å². The lowest BCUT2D eigenvalue weighted by molar-refractivity contribution is -0.118. The summed E-state index contributed by atoms with van der Waals surface area (Å²) in [5, 5.41) is 0. The number of ether oxygens (including phenoxy) is 1. The van der Waals surface area contributed by atoms with Gasteiger partial charge in [-0.1, -0.05) is 36.4 Å². The van der Waals surface area contributed by atoms with E-state index in [1.165, 1.54) is 0 Å². The zero-order valence-electron chi connectivity index (χ0n) is 10.6. The van der Waals surface area contributed by atoms with Gasteiger partial charge in [-0.3, -0.25) is 4.79 Å².